The summed E-state index contributed by atoms with van der Waals surface area (Å²) in [4.78, 5) is 29.3. The summed E-state index contributed by atoms with van der Waals surface area (Å²) in [6.07, 6.45) is 3.70. The van der Waals surface area contributed by atoms with E-state index in [1.165, 1.54) is 36.4 Å². The van der Waals surface area contributed by atoms with Crippen LogP contribution in [0.3, 0.4) is 0 Å². The van der Waals surface area contributed by atoms with Crippen LogP contribution in [0.25, 0.3) is 10.8 Å². The third kappa shape index (κ3) is 2.78. The quantitative estimate of drug-likeness (QED) is 0.747. The Kier molecular flexibility index (Phi) is 3.77. The van der Waals surface area contributed by atoms with E-state index in [0.717, 1.165) is 27.8 Å². The van der Waals surface area contributed by atoms with Crippen molar-refractivity contribution in [3.05, 3.63) is 53.0 Å². The minimum Gasteiger partial charge on any atom is -0.477 e. The molecule has 1 aliphatic rings. The Labute approximate surface area is 148 Å². The lowest BCUT2D eigenvalue weighted by atomic mass is 9.99. The lowest BCUT2D eigenvalue weighted by Gasteiger charge is -2.21. The van der Waals surface area contributed by atoms with E-state index in [1.54, 1.807) is 0 Å². The molecule has 2 aromatic carbocycles. The molecule has 25 heavy (non-hydrogen) atoms. The average molecular weight is 352 g/mol. The summed E-state index contributed by atoms with van der Waals surface area (Å²) >= 11 is 0.998. The standard InChI is InChI=1S/C19H16N2O3S/c1-11(22)21(19-20-10-17(25-19)18(23)24)16-9-8-13(12-6-7-12)14-4-2-3-5-15(14)16/h2-5,8-10,12H,6-7H2,1H3,(H,23,24). The molecule has 0 atom stereocenters. The summed E-state index contributed by atoms with van der Waals surface area (Å²) < 4.78 is 0. The number of fused-ring (bicyclic) bond motifs is 1. The maximum atomic E-state index is 12.3. The van der Waals surface area contributed by atoms with Gasteiger partial charge in [-0.25, -0.2) is 9.78 Å². The van der Waals surface area contributed by atoms with Crippen molar-refractivity contribution in [2.24, 2.45) is 0 Å². The van der Waals surface area contributed by atoms with Gasteiger partial charge in [-0.15, -0.1) is 0 Å². The fourth-order valence-electron chi connectivity index (χ4n) is 3.13. The second kappa shape index (κ2) is 5.97. The van der Waals surface area contributed by atoms with Crippen molar-refractivity contribution in [3.63, 3.8) is 0 Å². The zero-order valence-electron chi connectivity index (χ0n) is 13.6. The Morgan fingerprint density at radius 3 is 2.48 bits per heavy atom. The van der Waals surface area contributed by atoms with Crippen LogP contribution in [0.2, 0.25) is 0 Å². The molecule has 1 amide bonds. The van der Waals surface area contributed by atoms with E-state index in [0.29, 0.717) is 11.0 Å². The van der Waals surface area contributed by atoms with E-state index in [-0.39, 0.29) is 10.8 Å². The topological polar surface area (TPSA) is 70.5 Å². The monoisotopic (exact) mass is 352 g/mol. The van der Waals surface area contributed by atoms with E-state index in [2.05, 4.69) is 17.1 Å². The van der Waals surface area contributed by atoms with Gasteiger partial charge in [0, 0.05) is 12.3 Å². The lowest BCUT2D eigenvalue weighted by molar-refractivity contribution is -0.115. The van der Waals surface area contributed by atoms with Crippen LogP contribution in [0.4, 0.5) is 10.8 Å². The predicted molar refractivity (Wildman–Crippen MR) is 97.8 cm³/mol. The molecule has 0 saturated heterocycles. The van der Waals surface area contributed by atoms with E-state index in [4.69, 9.17) is 5.11 Å². The maximum Gasteiger partial charge on any atom is 0.347 e. The number of carboxylic acids is 1. The van der Waals surface area contributed by atoms with E-state index >= 15 is 0 Å². The highest BCUT2D eigenvalue weighted by Gasteiger charge is 2.27. The van der Waals surface area contributed by atoms with E-state index < -0.39 is 5.97 Å². The van der Waals surface area contributed by atoms with Gasteiger partial charge in [0.05, 0.1) is 11.9 Å². The Balaban J connectivity index is 1.89. The molecule has 4 rings (SSSR count). The van der Waals surface area contributed by atoms with Gasteiger partial charge in [0.1, 0.15) is 4.88 Å². The predicted octanol–water partition coefficient (Wildman–Crippen LogP) is 4.56. The molecule has 3 aromatic rings. The van der Waals surface area contributed by atoms with Gasteiger partial charge in [0.2, 0.25) is 5.91 Å². The third-order valence-corrected chi connectivity index (χ3v) is 5.37. The largest absolute Gasteiger partial charge is 0.477 e. The Bertz CT molecular complexity index is 991. The van der Waals surface area contributed by atoms with Crippen molar-refractivity contribution >= 4 is 44.8 Å². The number of aromatic nitrogens is 1. The first-order valence-electron chi connectivity index (χ1n) is 8.07. The molecule has 0 bridgehead atoms. The molecule has 1 saturated carbocycles. The molecule has 126 valence electrons. The molecule has 0 aliphatic heterocycles. The van der Waals surface area contributed by atoms with Gasteiger partial charge in [0.25, 0.3) is 0 Å². The number of aromatic carboxylic acids is 1. The molecular formula is C19H16N2O3S. The van der Waals surface area contributed by atoms with Gasteiger partial charge in [-0.2, -0.15) is 0 Å². The summed E-state index contributed by atoms with van der Waals surface area (Å²) in [6.45, 7) is 1.46. The molecule has 1 aliphatic carbocycles. The molecule has 0 spiro atoms. The van der Waals surface area contributed by atoms with Gasteiger partial charge < -0.3 is 5.11 Å². The highest BCUT2D eigenvalue weighted by molar-refractivity contribution is 7.17. The van der Waals surface area contributed by atoms with Gasteiger partial charge in [0.15, 0.2) is 5.13 Å². The first-order chi connectivity index (χ1) is 12.1. The number of nitrogens with zero attached hydrogens (tertiary/aromatic N) is 2. The van der Waals surface area contributed by atoms with E-state index in [1.807, 2.05) is 24.3 Å². The number of anilines is 2. The van der Waals surface area contributed by atoms with Crippen molar-refractivity contribution in [2.75, 3.05) is 4.90 Å². The minimum absolute atomic E-state index is 0.111. The van der Waals surface area contributed by atoms with Gasteiger partial charge in [-0.05, 0) is 35.8 Å². The molecule has 0 radical (unpaired) electrons. The number of hydrogen-bond donors (Lipinski definition) is 1. The molecule has 6 heteroatoms. The summed E-state index contributed by atoms with van der Waals surface area (Å²) in [7, 11) is 0. The van der Waals surface area contributed by atoms with Gasteiger partial charge in [-0.3, -0.25) is 9.69 Å². The Hall–Kier alpha value is -2.73. The van der Waals surface area contributed by atoms with Crippen LogP contribution in [-0.2, 0) is 4.79 Å². The van der Waals surface area contributed by atoms with Crippen LogP contribution in [0.15, 0.2) is 42.6 Å². The highest BCUT2D eigenvalue weighted by atomic mass is 32.1. The van der Waals surface area contributed by atoms with E-state index in [9.17, 15) is 9.59 Å². The lowest BCUT2D eigenvalue weighted by Crippen LogP contribution is -2.22. The zero-order chi connectivity index (χ0) is 17.6. The normalized spacial score (nSPS) is 13.8. The first-order valence-corrected chi connectivity index (χ1v) is 8.89. The maximum absolute atomic E-state index is 12.3. The summed E-state index contributed by atoms with van der Waals surface area (Å²) in [5, 5.41) is 11.6. The fraction of sp³-hybridized carbons (Fsp3) is 0.211. The number of amides is 1. The van der Waals surface area contributed by atoms with Gasteiger partial charge >= 0.3 is 5.97 Å². The summed E-state index contributed by atoms with van der Waals surface area (Å²) in [6, 6.07) is 12.1. The smallest absolute Gasteiger partial charge is 0.347 e. The number of carbonyl (C=O) groups excluding carboxylic acids is 1. The van der Waals surface area contributed by atoms with Crippen molar-refractivity contribution in [3.8, 4) is 0 Å². The van der Waals surface area contributed by atoms with Crippen molar-refractivity contribution in [1.29, 1.82) is 0 Å². The molecule has 0 unspecified atom stereocenters. The van der Waals surface area contributed by atoms with Crippen LogP contribution in [-0.4, -0.2) is 22.0 Å². The second-order valence-electron chi connectivity index (χ2n) is 6.16. The van der Waals surface area contributed by atoms with Crippen LogP contribution >= 0.6 is 11.3 Å². The Morgan fingerprint density at radius 2 is 1.88 bits per heavy atom. The molecule has 1 aromatic heterocycles. The summed E-state index contributed by atoms with van der Waals surface area (Å²) in [5.74, 6) is -0.639. The highest BCUT2D eigenvalue weighted by Crippen LogP contribution is 2.45. The van der Waals surface area contributed by atoms with Crippen molar-refractivity contribution in [2.45, 2.75) is 25.7 Å². The van der Waals surface area contributed by atoms with Crippen LogP contribution in [0.5, 0.6) is 0 Å². The van der Waals surface area contributed by atoms with Crippen molar-refractivity contribution in [1.82, 2.24) is 4.98 Å². The number of carboxylic acid groups (broad SMARTS) is 1. The molecule has 1 fully saturated rings. The minimum atomic E-state index is -1.04. The summed E-state index contributed by atoms with van der Waals surface area (Å²) in [5.41, 5.74) is 2.05. The number of carbonyl (C=O) groups is 2. The van der Waals surface area contributed by atoms with Crippen LogP contribution < -0.4 is 4.90 Å². The van der Waals surface area contributed by atoms with Crippen LogP contribution in [0, 0.1) is 0 Å². The average Bonchev–Trinajstić information content (AvgIpc) is 3.32. The van der Waals surface area contributed by atoms with Crippen molar-refractivity contribution < 1.29 is 14.7 Å². The zero-order valence-corrected chi connectivity index (χ0v) is 14.4. The molecule has 5 nitrogen and oxygen atoms in total. The van der Waals surface area contributed by atoms with Crippen LogP contribution in [0.1, 0.15) is 40.9 Å². The molecular weight excluding hydrogens is 336 g/mol. The number of thiazole rings is 1. The van der Waals surface area contributed by atoms with Gasteiger partial charge in [-0.1, -0.05) is 41.7 Å². The number of hydrogen-bond acceptors (Lipinski definition) is 4. The second-order valence-corrected chi connectivity index (χ2v) is 7.17. The number of rotatable bonds is 4. The molecule has 1 heterocycles. The third-order valence-electron chi connectivity index (χ3n) is 4.40. The fourth-order valence-corrected chi connectivity index (χ4v) is 3.94. The molecule has 1 N–H and O–H groups in total. The SMILES string of the molecule is CC(=O)N(c1ncc(C(=O)O)s1)c1ccc(C2CC2)c2ccccc12. The Morgan fingerprint density at radius 1 is 1.16 bits per heavy atom. The number of benzene rings is 2. The first kappa shape index (κ1) is 15.8.